The van der Waals surface area contributed by atoms with Crippen LogP contribution in [0.1, 0.15) is 117 Å². The van der Waals surface area contributed by atoms with Crippen molar-refractivity contribution in [1.82, 2.24) is 5.06 Å². The van der Waals surface area contributed by atoms with Crippen LogP contribution in [0.3, 0.4) is 0 Å². The molecule has 1 N–H and O–H groups in total. The average molecular weight is 652 g/mol. The number of nitrogens with zero attached hydrogens (tertiary/aromatic N) is 2. The first-order valence-corrected chi connectivity index (χ1v) is 16.8. The molecule has 4 aromatic rings. The molecule has 0 aliphatic carbocycles. The molecule has 6 nitrogen and oxygen atoms in total. The summed E-state index contributed by atoms with van der Waals surface area (Å²) < 4.78 is 4.25. The summed E-state index contributed by atoms with van der Waals surface area (Å²) in [6.45, 7) is 17.4. The second-order valence-electron chi connectivity index (χ2n) is 12.9. The molecule has 0 spiro atoms. The van der Waals surface area contributed by atoms with Crippen LogP contribution in [0.15, 0.2) is 102 Å². The van der Waals surface area contributed by atoms with Crippen LogP contribution in [-0.4, -0.2) is 45.2 Å². The first kappa shape index (κ1) is 39.9. The van der Waals surface area contributed by atoms with Gasteiger partial charge >= 0.3 is 0 Å². The van der Waals surface area contributed by atoms with Gasteiger partial charge in [-0.1, -0.05) is 140 Å². The van der Waals surface area contributed by atoms with E-state index in [4.69, 9.17) is 9.83 Å². The van der Waals surface area contributed by atoms with Crippen LogP contribution in [0.25, 0.3) is 0 Å². The fraction of sp³-hybridized carbons (Fsp3) is 0.381. The molecule has 0 heterocycles. The molecule has 6 heteroatoms. The Morgan fingerprint density at radius 1 is 0.583 bits per heavy atom. The molecule has 0 aliphatic heterocycles. The lowest BCUT2D eigenvalue weighted by molar-refractivity contribution is -0.0410. The van der Waals surface area contributed by atoms with E-state index in [1.807, 2.05) is 55.6 Å². The average Bonchev–Trinajstić information content (AvgIpc) is 3.07. The first-order chi connectivity index (χ1) is 22.9. The molecule has 0 fully saturated rings. The quantitative estimate of drug-likeness (QED) is 0.111. The Labute approximate surface area is 290 Å². The zero-order valence-corrected chi connectivity index (χ0v) is 31.2. The zero-order chi connectivity index (χ0) is 35.8. The lowest BCUT2D eigenvalue weighted by atomic mass is 9.92. The largest absolute Gasteiger partial charge is 0.388 e. The molecule has 0 radical (unpaired) electrons. The van der Waals surface area contributed by atoms with Crippen molar-refractivity contribution < 1.29 is 14.4 Å². The summed E-state index contributed by atoms with van der Waals surface area (Å²) in [5.41, 5.74) is 8.65. The van der Waals surface area contributed by atoms with Crippen LogP contribution in [0, 0.1) is 0 Å². The standard InChI is InChI=1S/C21H28N2O.C19H23NO.C2H6O/c1-15(2)18-13-10-14-19(16(3)4)20(18)22-21(23(5)24-6)17-11-8-7-9-12-17;1-13(2)16-11-8-12-17(14(3)4)18(16)20-19(21)15-9-6-5-7-10-15;1-3-2/h7-16H,1-6H3;5-14H,1-4H3,(H,20,21);1-2H3. The van der Waals surface area contributed by atoms with Gasteiger partial charge in [0.2, 0.25) is 0 Å². The van der Waals surface area contributed by atoms with Crippen LogP contribution in [0.4, 0.5) is 11.4 Å². The number of carbonyl (C=O) groups excluding carboxylic acids is 1. The van der Waals surface area contributed by atoms with E-state index in [1.54, 1.807) is 26.4 Å². The van der Waals surface area contributed by atoms with E-state index in [0.717, 1.165) is 22.8 Å². The van der Waals surface area contributed by atoms with E-state index in [1.165, 1.54) is 22.3 Å². The van der Waals surface area contributed by atoms with Gasteiger partial charge in [-0.15, -0.1) is 0 Å². The predicted molar refractivity (Wildman–Crippen MR) is 204 cm³/mol. The summed E-state index contributed by atoms with van der Waals surface area (Å²) >= 11 is 0. The molecular formula is C42H57N3O3. The van der Waals surface area contributed by atoms with Crippen LogP contribution < -0.4 is 5.32 Å². The topological polar surface area (TPSA) is 63.2 Å². The summed E-state index contributed by atoms with van der Waals surface area (Å²) in [6, 6.07) is 32.2. The van der Waals surface area contributed by atoms with Gasteiger partial charge in [0.15, 0.2) is 5.84 Å². The van der Waals surface area contributed by atoms with Crippen LogP contribution >= 0.6 is 0 Å². The lowest BCUT2D eigenvalue weighted by Gasteiger charge is -2.22. The monoisotopic (exact) mass is 651 g/mol. The third-order valence-corrected chi connectivity index (χ3v) is 7.81. The summed E-state index contributed by atoms with van der Waals surface area (Å²) in [7, 11) is 6.80. The molecule has 1 amide bonds. The minimum absolute atomic E-state index is 0.0504. The van der Waals surface area contributed by atoms with E-state index in [9.17, 15) is 4.79 Å². The van der Waals surface area contributed by atoms with Crippen molar-refractivity contribution in [3.8, 4) is 0 Å². The fourth-order valence-electron chi connectivity index (χ4n) is 5.21. The highest BCUT2D eigenvalue weighted by atomic mass is 16.7. The maximum absolute atomic E-state index is 12.5. The van der Waals surface area contributed by atoms with Gasteiger partial charge < -0.3 is 10.1 Å². The van der Waals surface area contributed by atoms with E-state index in [0.29, 0.717) is 29.2 Å². The van der Waals surface area contributed by atoms with Gasteiger partial charge in [-0.3, -0.25) is 9.63 Å². The molecule has 0 aromatic heterocycles. The van der Waals surface area contributed by atoms with E-state index in [-0.39, 0.29) is 5.91 Å². The maximum atomic E-state index is 12.5. The number of hydroxylamine groups is 2. The SMILES string of the molecule is CC(C)c1cccc(C(C)C)c1NC(=O)c1ccccc1.COC.CON(C)C(=Nc1c(C(C)C)cccc1C(C)C)c1ccccc1. The highest BCUT2D eigenvalue weighted by Crippen LogP contribution is 2.36. The summed E-state index contributed by atoms with van der Waals surface area (Å²) in [4.78, 5) is 23.0. The number of para-hydroxylation sites is 2. The number of rotatable bonds is 9. The molecule has 0 atom stereocenters. The van der Waals surface area contributed by atoms with Crippen molar-refractivity contribution in [2.45, 2.75) is 79.1 Å². The van der Waals surface area contributed by atoms with Crippen molar-refractivity contribution in [3.05, 3.63) is 130 Å². The number of amidine groups is 1. The Hall–Kier alpha value is -4.26. The van der Waals surface area contributed by atoms with Gasteiger partial charge in [-0.25, -0.2) is 10.1 Å². The number of carbonyl (C=O) groups is 1. The molecule has 4 rings (SSSR count). The minimum atomic E-state index is -0.0504. The molecular weight excluding hydrogens is 594 g/mol. The van der Waals surface area contributed by atoms with Gasteiger partial charge in [-0.05, 0) is 58.1 Å². The number of aliphatic imine (C=N–C) groups is 1. The van der Waals surface area contributed by atoms with E-state index in [2.05, 4.69) is 114 Å². The maximum Gasteiger partial charge on any atom is 0.255 e. The van der Waals surface area contributed by atoms with Crippen LogP contribution in [0.5, 0.6) is 0 Å². The minimum Gasteiger partial charge on any atom is -0.388 e. The molecule has 0 saturated heterocycles. The van der Waals surface area contributed by atoms with Crippen LogP contribution in [-0.2, 0) is 9.57 Å². The summed E-state index contributed by atoms with van der Waals surface area (Å²) in [6.07, 6.45) is 0. The van der Waals surface area contributed by atoms with Crippen molar-refractivity contribution in [2.75, 3.05) is 33.7 Å². The molecule has 0 saturated carbocycles. The molecule has 0 unspecified atom stereocenters. The Morgan fingerprint density at radius 2 is 0.958 bits per heavy atom. The molecule has 48 heavy (non-hydrogen) atoms. The van der Waals surface area contributed by atoms with Gasteiger partial charge in [0, 0.05) is 38.1 Å². The van der Waals surface area contributed by atoms with Gasteiger partial charge in [-0.2, -0.15) is 0 Å². The van der Waals surface area contributed by atoms with E-state index >= 15 is 0 Å². The number of ether oxygens (including phenoxy) is 1. The molecule has 4 aromatic carbocycles. The summed E-state index contributed by atoms with van der Waals surface area (Å²) in [5.74, 6) is 2.32. The molecule has 0 bridgehead atoms. The fourth-order valence-corrected chi connectivity index (χ4v) is 5.21. The number of benzene rings is 4. The number of anilines is 1. The smallest absolute Gasteiger partial charge is 0.255 e. The second kappa shape index (κ2) is 20.2. The lowest BCUT2D eigenvalue weighted by Crippen LogP contribution is -2.26. The Kier molecular flexibility index (Phi) is 16.8. The normalized spacial score (nSPS) is 11.2. The number of methoxy groups -OCH3 is 1. The Balaban J connectivity index is 0.000000310. The predicted octanol–water partition coefficient (Wildman–Crippen LogP) is 11.0. The van der Waals surface area contributed by atoms with Crippen molar-refractivity contribution >= 4 is 23.1 Å². The Morgan fingerprint density at radius 3 is 1.33 bits per heavy atom. The highest BCUT2D eigenvalue weighted by molar-refractivity contribution is 6.05. The van der Waals surface area contributed by atoms with Crippen molar-refractivity contribution in [1.29, 1.82) is 0 Å². The van der Waals surface area contributed by atoms with Crippen molar-refractivity contribution in [2.24, 2.45) is 4.99 Å². The number of hydrogen-bond donors (Lipinski definition) is 1. The van der Waals surface area contributed by atoms with Gasteiger partial charge in [0.25, 0.3) is 5.91 Å². The highest BCUT2D eigenvalue weighted by Gasteiger charge is 2.18. The number of amides is 1. The second-order valence-corrected chi connectivity index (χ2v) is 12.9. The Bertz CT molecular complexity index is 1510. The molecule has 258 valence electrons. The number of nitrogens with one attached hydrogen (secondary N) is 1. The van der Waals surface area contributed by atoms with Gasteiger partial charge in [0.1, 0.15) is 0 Å². The van der Waals surface area contributed by atoms with Crippen LogP contribution in [0.2, 0.25) is 0 Å². The van der Waals surface area contributed by atoms with E-state index < -0.39 is 0 Å². The third-order valence-electron chi connectivity index (χ3n) is 7.81. The summed E-state index contributed by atoms with van der Waals surface area (Å²) in [5, 5.41) is 4.84. The van der Waals surface area contributed by atoms with Gasteiger partial charge in [0.05, 0.1) is 12.8 Å². The van der Waals surface area contributed by atoms with Crippen molar-refractivity contribution in [3.63, 3.8) is 0 Å². The first-order valence-electron chi connectivity index (χ1n) is 16.8. The zero-order valence-electron chi connectivity index (χ0n) is 31.2. The third kappa shape index (κ3) is 11.5. The number of hydrogen-bond acceptors (Lipinski definition) is 4. The molecule has 0 aliphatic rings.